The van der Waals surface area contributed by atoms with Gasteiger partial charge in [-0.2, -0.15) is 0 Å². The summed E-state index contributed by atoms with van der Waals surface area (Å²) >= 11 is 0. The fourth-order valence-corrected chi connectivity index (χ4v) is 1.97. The van der Waals surface area contributed by atoms with Gasteiger partial charge < -0.3 is 15.0 Å². The van der Waals surface area contributed by atoms with Crippen molar-refractivity contribution >= 4 is 11.9 Å². The zero-order valence-corrected chi connectivity index (χ0v) is 10.7. The Hall–Kier alpha value is -1.10. The number of esters is 1. The topological polar surface area (TPSA) is 58.6 Å². The van der Waals surface area contributed by atoms with Crippen LogP contribution in [-0.4, -0.2) is 49.6 Å². The lowest BCUT2D eigenvalue weighted by Crippen LogP contribution is -2.47. The van der Waals surface area contributed by atoms with Gasteiger partial charge in [0.05, 0.1) is 19.6 Å². The highest BCUT2D eigenvalue weighted by Gasteiger charge is 2.21. The van der Waals surface area contributed by atoms with Crippen LogP contribution in [0.2, 0.25) is 0 Å². The van der Waals surface area contributed by atoms with Crippen LogP contribution in [0.5, 0.6) is 0 Å². The van der Waals surface area contributed by atoms with Gasteiger partial charge >= 0.3 is 5.97 Å². The molecule has 1 heterocycles. The predicted octanol–water partition coefficient (Wildman–Crippen LogP) is 0.540. The van der Waals surface area contributed by atoms with Crippen LogP contribution in [0.3, 0.4) is 0 Å². The first-order valence-corrected chi connectivity index (χ1v) is 6.24. The number of nitrogens with zero attached hydrogens (tertiary/aromatic N) is 1. The highest BCUT2D eigenvalue weighted by Crippen LogP contribution is 2.09. The molecule has 1 amide bonds. The normalized spacial score (nSPS) is 17.6. The average molecular weight is 242 g/mol. The van der Waals surface area contributed by atoms with Gasteiger partial charge in [-0.15, -0.1) is 0 Å². The number of rotatable bonds is 5. The Morgan fingerprint density at radius 1 is 1.29 bits per heavy atom. The third-order valence-corrected chi connectivity index (χ3v) is 3.05. The van der Waals surface area contributed by atoms with Gasteiger partial charge in [-0.05, 0) is 26.2 Å². The summed E-state index contributed by atoms with van der Waals surface area (Å²) in [5.41, 5.74) is 0. The molecule has 0 radical (unpaired) electrons. The summed E-state index contributed by atoms with van der Waals surface area (Å²) < 4.78 is 4.53. The summed E-state index contributed by atoms with van der Waals surface area (Å²) in [4.78, 5) is 24.8. The Bertz CT molecular complexity index is 262. The standard InChI is InChI=1S/C12H22N2O3/c1-10(13-7-6-11(15)17-2)12(16)14-8-4-3-5-9-14/h10,13H,3-9H2,1-2H3. The van der Waals surface area contributed by atoms with Crippen LogP contribution in [0.25, 0.3) is 0 Å². The minimum absolute atomic E-state index is 0.134. The maximum absolute atomic E-state index is 12.0. The Morgan fingerprint density at radius 2 is 1.94 bits per heavy atom. The van der Waals surface area contributed by atoms with Crippen molar-refractivity contribution in [2.75, 3.05) is 26.7 Å². The van der Waals surface area contributed by atoms with E-state index in [0.29, 0.717) is 13.0 Å². The molecular formula is C12H22N2O3. The van der Waals surface area contributed by atoms with E-state index < -0.39 is 0 Å². The van der Waals surface area contributed by atoms with Crippen molar-refractivity contribution in [3.05, 3.63) is 0 Å². The largest absolute Gasteiger partial charge is 0.469 e. The molecule has 0 aliphatic carbocycles. The van der Waals surface area contributed by atoms with E-state index in [0.717, 1.165) is 25.9 Å². The van der Waals surface area contributed by atoms with E-state index in [1.165, 1.54) is 13.5 Å². The van der Waals surface area contributed by atoms with Crippen LogP contribution in [0.15, 0.2) is 0 Å². The first-order chi connectivity index (χ1) is 8.15. The van der Waals surface area contributed by atoms with Crippen molar-refractivity contribution in [1.29, 1.82) is 0 Å². The fourth-order valence-electron chi connectivity index (χ4n) is 1.97. The summed E-state index contributed by atoms with van der Waals surface area (Å²) in [6, 6.07) is -0.224. The number of methoxy groups -OCH3 is 1. The first-order valence-electron chi connectivity index (χ1n) is 6.24. The van der Waals surface area contributed by atoms with Crippen LogP contribution in [0.1, 0.15) is 32.6 Å². The maximum Gasteiger partial charge on any atom is 0.306 e. The van der Waals surface area contributed by atoms with Crippen LogP contribution in [0.4, 0.5) is 0 Å². The zero-order valence-electron chi connectivity index (χ0n) is 10.7. The molecular weight excluding hydrogens is 220 g/mol. The predicted molar refractivity (Wildman–Crippen MR) is 64.5 cm³/mol. The molecule has 0 saturated carbocycles. The lowest BCUT2D eigenvalue weighted by Gasteiger charge is -2.29. The molecule has 1 unspecified atom stereocenters. The molecule has 0 aromatic rings. The summed E-state index contributed by atoms with van der Waals surface area (Å²) in [7, 11) is 1.37. The molecule has 1 aliphatic heterocycles. The maximum atomic E-state index is 12.0. The number of hydrogen-bond acceptors (Lipinski definition) is 4. The Kier molecular flexibility index (Phi) is 5.97. The molecule has 5 heteroatoms. The lowest BCUT2D eigenvalue weighted by atomic mass is 10.1. The molecule has 17 heavy (non-hydrogen) atoms. The number of likely N-dealkylation sites (tertiary alicyclic amines) is 1. The molecule has 0 aromatic carbocycles. The molecule has 0 aromatic heterocycles. The minimum atomic E-state index is -0.255. The van der Waals surface area contributed by atoms with Gasteiger partial charge in [0.1, 0.15) is 0 Å². The molecule has 1 fully saturated rings. The van der Waals surface area contributed by atoms with E-state index in [1.807, 2.05) is 11.8 Å². The summed E-state index contributed by atoms with van der Waals surface area (Å²) in [5, 5.41) is 3.05. The molecule has 1 aliphatic rings. The van der Waals surface area contributed by atoms with E-state index in [-0.39, 0.29) is 17.9 Å². The lowest BCUT2D eigenvalue weighted by molar-refractivity contribution is -0.141. The van der Waals surface area contributed by atoms with Gasteiger partial charge in [-0.3, -0.25) is 9.59 Å². The molecule has 1 rings (SSSR count). The van der Waals surface area contributed by atoms with Crippen molar-refractivity contribution in [3.8, 4) is 0 Å². The highest BCUT2D eigenvalue weighted by molar-refractivity contribution is 5.81. The molecule has 98 valence electrons. The second-order valence-electron chi connectivity index (χ2n) is 4.39. The number of carbonyl (C=O) groups is 2. The number of amides is 1. The van der Waals surface area contributed by atoms with E-state index in [4.69, 9.17) is 0 Å². The molecule has 5 nitrogen and oxygen atoms in total. The van der Waals surface area contributed by atoms with Gasteiger partial charge in [0.2, 0.25) is 5.91 Å². The van der Waals surface area contributed by atoms with Gasteiger partial charge in [0.15, 0.2) is 0 Å². The third kappa shape index (κ3) is 4.73. The highest BCUT2D eigenvalue weighted by atomic mass is 16.5. The number of hydrogen-bond donors (Lipinski definition) is 1. The van der Waals surface area contributed by atoms with E-state index in [1.54, 1.807) is 0 Å². The SMILES string of the molecule is COC(=O)CCNC(C)C(=O)N1CCCCC1. The fraction of sp³-hybridized carbons (Fsp3) is 0.833. The van der Waals surface area contributed by atoms with E-state index in [9.17, 15) is 9.59 Å². The third-order valence-electron chi connectivity index (χ3n) is 3.05. The number of ether oxygens (including phenoxy) is 1. The van der Waals surface area contributed by atoms with E-state index in [2.05, 4.69) is 10.1 Å². The minimum Gasteiger partial charge on any atom is -0.469 e. The molecule has 1 N–H and O–H groups in total. The zero-order chi connectivity index (χ0) is 12.7. The Morgan fingerprint density at radius 3 is 2.53 bits per heavy atom. The van der Waals surface area contributed by atoms with Gasteiger partial charge in [0, 0.05) is 19.6 Å². The Labute approximate surface area is 102 Å². The van der Waals surface area contributed by atoms with Crippen LogP contribution >= 0.6 is 0 Å². The Balaban J connectivity index is 2.23. The van der Waals surface area contributed by atoms with Crippen molar-refractivity contribution in [1.82, 2.24) is 10.2 Å². The number of nitrogens with one attached hydrogen (secondary N) is 1. The van der Waals surface area contributed by atoms with Crippen molar-refractivity contribution < 1.29 is 14.3 Å². The van der Waals surface area contributed by atoms with Gasteiger partial charge in [-0.25, -0.2) is 0 Å². The van der Waals surface area contributed by atoms with Gasteiger partial charge in [-0.1, -0.05) is 0 Å². The first kappa shape index (κ1) is 14.0. The molecule has 0 spiro atoms. The monoisotopic (exact) mass is 242 g/mol. The van der Waals surface area contributed by atoms with Crippen LogP contribution in [-0.2, 0) is 14.3 Å². The molecule has 0 bridgehead atoms. The quantitative estimate of drug-likeness (QED) is 0.715. The van der Waals surface area contributed by atoms with Crippen molar-refractivity contribution in [2.45, 2.75) is 38.6 Å². The molecule has 1 saturated heterocycles. The molecule has 1 atom stereocenters. The van der Waals surface area contributed by atoms with Crippen molar-refractivity contribution in [2.24, 2.45) is 0 Å². The van der Waals surface area contributed by atoms with Crippen molar-refractivity contribution in [3.63, 3.8) is 0 Å². The summed E-state index contributed by atoms with van der Waals surface area (Å²) in [5.74, 6) is -0.121. The van der Waals surface area contributed by atoms with Crippen LogP contribution < -0.4 is 5.32 Å². The summed E-state index contributed by atoms with van der Waals surface area (Å²) in [6.45, 7) is 4.05. The van der Waals surface area contributed by atoms with E-state index >= 15 is 0 Å². The summed E-state index contributed by atoms with van der Waals surface area (Å²) in [6.07, 6.45) is 3.71. The van der Waals surface area contributed by atoms with Crippen LogP contribution in [0, 0.1) is 0 Å². The number of carbonyl (C=O) groups excluding carboxylic acids is 2. The second kappa shape index (κ2) is 7.27. The number of piperidine rings is 1. The smallest absolute Gasteiger partial charge is 0.306 e. The van der Waals surface area contributed by atoms with Gasteiger partial charge in [0.25, 0.3) is 0 Å². The second-order valence-corrected chi connectivity index (χ2v) is 4.39. The average Bonchev–Trinajstić information content (AvgIpc) is 2.38.